The molecule has 13 heavy (non-hydrogen) atoms. The summed E-state index contributed by atoms with van der Waals surface area (Å²) in [6, 6.07) is 3.79. The highest BCUT2D eigenvalue weighted by Crippen LogP contribution is 2.14. The van der Waals surface area contributed by atoms with Crippen LogP contribution in [0.2, 0.25) is 0 Å². The topological polar surface area (TPSA) is 48.1 Å². The van der Waals surface area contributed by atoms with Gasteiger partial charge in [0.25, 0.3) is 0 Å². The van der Waals surface area contributed by atoms with Gasteiger partial charge in [0.05, 0.1) is 0 Å². The minimum absolute atomic E-state index is 0.226. The number of aromatic nitrogens is 1. The molecule has 3 heteroatoms. The summed E-state index contributed by atoms with van der Waals surface area (Å²) in [5.41, 5.74) is 7.27. The molecule has 1 aromatic heterocycles. The van der Waals surface area contributed by atoms with Crippen LogP contribution >= 0.6 is 0 Å². The van der Waals surface area contributed by atoms with E-state index < -0.39 is 0 Å². The van der Waals surface area contributed by atoms with Crippen molar-refractivity contribution in [2.75, 3.05) is 6.61 Å². The Kier molecular flexibility index (Phi) is 3.30. The molecule has 1 aromatic rings. The average Bonchev–Trinajstić information content (AvgIpc) is 2.15. The van der Waals surface area contributed by atoms with Crippen molar-refractivity contribution in [2.24, 2.45) is 5.73 Å². The number of pyridine rings is 1. The molecule has 0 fully saturated rings. The number of hydrogen-bond acceptors (Lipinski definition) is 3. The number of rotatable bonds is 3. The van der Waals surface area contributed by atoms with Crippen LogP contribution < -0.4 is 10.5 Å². The molecule has 68 valence electrons. The van der Waals surface area contributed by atoms with Gasteiger partial charge in [-0.2, -0.15) is 0 Å². The summed E-state index contributed by atoms with van der Waals surface area (Å²) in [7, 11) is 0. The summed E-state index contributed by atoms with van der Waals surface area (Å²) in [5, 5.41) is 0. The Morgan fingerprint density at radius 2 is 2.38 bits per heavy atom. The summed E-state index contributed by atoms with van der Waals surface area (Å²) in [6.07, 6.45) is 5.07. The third-order valence-corrected chi connectivity index (χ3v) is 1.59. The van der Waals surface area contributed by atoms with Crippen molar-refractivity contribution in [3.63, 3.8) is 0 Å². The highest BCUT2D eigenvalue weighted by atomic mass is 16.5. The number of hydrogen-bond donors (Lipinski definition) is 1. The van der Waals surface area contributed by atoms with Crippen molar-refractivity contribution in [3.05, 3.63) is 23.4 Å². The Hall–Kier alpha value is -1.53. The first-order valence-corrected chi connectivity index (χ1v) is 4.00. The lowest BCUT2D eigenvalue weighted by molar-refractivity contribution is 0.350. The Bertz CT molecular complexity index is 328. The van der Waals surface area contributed by atoms with E-state index in [9.17, 15) is 0 Å². The first kappa shape index (κ1) is 9.56. The molecular weight excluding hydrogens is 164 g/mol. The van der Waals surface area contributed by atoms with Gasteiger partial charge in [0.15, 0.2) is 6.61 Å². The van der Waals surface area contributed by atoms with Gasteiger partial charge >= 0.3 is 0 Å². The molecular formula is C10H12N2O. The van der Waals surface area contributed by atoms with Crippen LogP contribution in [-0.4, -0.2) is 11.6 Å². The number of aryl methyl sites for hydroxylation is 1. The van der Waals surface area contributed by atoms with Crippen LogP contribution in [0, 0.1) is 19.3 Å². The maximum Gasteiger partial charge on any atom is 0.219 e. The van der Waals surface area contributed by atoms with Gasteiger partial charge in [0, 0.05) is 17.8 Å². The molecule has 0 bridgehead atoms. The van der Waals surface area contributed by atoms with Crippen LogP contribution in [0.4, 0.5) is 0 Å². The second-order valence-corrected chi connectivity index (χ2v) is 2.61. The highest BCUT2D eigenvalue weighted by Gasteiger charge is 2.02. The molecule has 0 aromatic carbocycles. The molecule has 0 saturated carbocycles. The van der Waals surface area contributed by atoms with Crippen molar-refractivity contribution in [1.29, 1.82) is 0 Å². The molecule has 0 aliphatic rings. The van der Waals surface area contributed by atoms with Crippen molar-refractivity contribution in [1.82, 2.24) is 4.98 Å². The minimum Gasteiger partial charge on any atom is -0.464 e. The molecule has 1 heterocycles. The number of ether oxygens (including phenoxy) is 1. The normalized spacial score (nSPS) is 9.31. The van der Waals surface area contributed by atoms with E-state index in [1.165, 1.54) is 0 Å². The van der Waals surface area contributed by atoms with Crippen molar-refractivity contribution < 1.29 is 4.74 Å². The summed E-state index contributed by atoms with van der Waals surface area (Å²) < 4.78 is 5.23. The Balaban J connectivity index is 2.89. The zero-order valence-corrected chi connectivity index (χ0v) is 7.58. The average molecular weight is 176 g/mol. The van der Waals surface area contributed by atoms with E-state index in [1.54, 1.807) is 0 Å². The molecule has 0 radical (unpaired) electrons. The van der Waals surface area contributed by atoms with Crippen LogP contribution in [0.3, 0.4) is 0 Å². The van der Waals surface area contributed by atoms with Gasteiger partial charge in [-0.15, -0.1) is 6.42 Å². The number of terminal acetylenes is 1. The van der Waals surface area contributed by atoms with Crippen molar-refractivity contribution >= 4 is 0 Å². The maximum atomic E-state index is 5.50. The molecule has 0 atom stereocenters. The van der Waals surface area contributed by atoms with Crippen molar-refractivity contribution in [2.45, 2.75) is 13.5 Å². The summed E-state index contributed by atoms with van der Waals surface area (Å²) >= 11 is 0. The fraction of sp³-hybridized carbons (Fsp3) is 0.300. The van der Waals surface area contributed by atoms with Gasteiger partial charge in [0.2, 0.25) is 5.88 Å². The Morgan fingerprint density at radius 3 is 3.00 bits per heavy atom. The van der Waals surface area contributed by atoms with Crippen molar-refractivity contribution in [3.8, 4) is 18.2 Å². The zero-order valence-electron chi connectivity index (χ0n) is 7.58. The molecule has 2 N–H and O–H groups in total. The van der Waals surface area contributed by atoms with Crippen LogP contribution in [0.15, 0.2) is 12.1 Å². The predicted octanol–water partition coefficient (Wildman–Crippen LogP) is 0.861. The summed E-state index contributed by atoms with van der Waals surface area (Å²) in [5.74, 6) is 2.93. The third-order valence-electron chi connectivity index (χ3n) is 1.59. The molecule has 0 spiro atoms. The van der Waals surface area contributed by atoms with Crippen LogP contribution in [0.25, 0.3) is 0 Å². The van der Waals surface area contributed by atoms with E-state index in [-0.39, 0.29) is 6.61 Å². The van der Waals surface area contributed by atoms with E-state index in [0.717, 1.165) is 11.3 Å². The Labute approximate surface area is 77.9 Å². The first-order chi connectivity index (χ1) is 6.27. The van der Waals surface area contributed by atoms with Crippen LogP contribution in [0.1, 0.15) is 11.3 Å². The molecule has 0 aliphatic carbocycles. The fourth-order valence-corrected chi connectivity index (χ4v) is 0.952. The highest BCUT2D eigenvalue weighted by molar-refractivity contribution is 5.28. The lowest BCUT2D eigenvalue weighted by atomic mass is 10.2. The second-order valence-electron chi connectivity index (χ2n) is 2.61. The van der Waals surface area contributed by atoms with Gasteiger partial charge in [-0.05, 0) is 13.0 Å². The lowest BCUT2D eigenvalue weighted by Gasteiger charge is -2.06. The summed E-state index contributed by atoms with van der Waals surface area (Å²) in [4.78, 5) is 4.18. The van der Waals surface area contributed by atoms with Gasteiger partial charge in [-0.1, -0.05) is 12.0 Å². The monoisotopic (exact) mass is 176 g/mol. The predicted molar refractivity (Wildman–Crippen MR) is 51.2 cm³/mol. The summed E-state index contributed by atoms with van der Waals surface area (Å²) in [6.45, 7) is 2.53. The maximum absolute atomic E-state index is 5.50. The number of nitrogens with zero attached hydrogens (tertiary/aromatic N) is 1. The fourth-order valence-electron chi connectivity index (χ4n) is 0.952. The second kappa shape index (κ2) is 4.48. The Morgan fingerprint density at radius 1 is 1.62 bits per heavy atom. The molecule has 0 aliphatic heterocycles. The molecule has 0 amide bonds. The van der Waals surface area contributed by atoms with E-state index in [2.05, 4.69) is 10.9 Å². The first-order valence-electron chi connectivity index (χ1n) is 4.00. The van der Waals surface area contributed by atoms with Crippen LogP contribution in [-0.2, 0) is 6.54 Å². The van der Waals surface area contributed by atoms with E-state index in [0.29, 0.717) is 12.4 Å². The van der Waals surface area contributed by atoms with E-state index >= 15 is 0 Å². The van der Waals surface area contributed by atoms with E-state index in [4.69, 9.17) is 16.9 Å². The third kappa shape index (κ3) is 2.46. The largest absolute Gasteiger partial charge is 0.464 e. The SMILES string of the molecule is C#CCOc1nc(C)ccc1CN. The number of nitrogens with two attached hydrogens (primary N) is 1. The molecule has 0 unspecified atom stereocenters. The van der Waals surface area contributed by atoms with Gasteiger partial charge in [-0.25, -0.2) is 4.98 Å². The van der Waals surface area contributed by atoms with Gasteiger partial charge in [0.1, 0.15) is 0 Å². The minimum atomic E-state index is 0.226. The van der Waals surface area contributed by atoms with Gasteiger partial charge < -0.3 is 10.5 Å². The molecule has 1 rings (SSSR count). The lowest BCUT2D eigenvalue weighted by Crippen LogP contribution is -2.05. The molecule has 0 saturated heterocycles. The zero-order chi connectivity index (χ0) is 9.68. The van der Waals surface area contributed by atoms with E-state index in [1.807, 2.05) is 19.1 Å². The standard InChI is InChI=1S/C10H12N2O/c1-3-6-13-10-9(7-11)5-4-8(2)12-10/h1,4-5H,6-7,11H2,2H3. The van der Waals surface area contributed by atoms with Gasteiger partial charge in [-0.3, -0.25) is 0 Å². The van der Waals surface area contributed by atoms with Crippen LogP contribution in [0.5, 0.6) is 5.88 Å². The smallest absolute Gasteiger partial charge is 0.219 e. The molecule has 3 nitrogen and oxygen atoms in total. The quantitative estimate of drug-likeness (QED) is 0.695.